The number of rotatable bonds is 4. The predicted octanol–water partition coefficient (Wildman–Crippen LogP) is 2.95. The van der Waals surface area contributed by atoms with Gasteiger partial charge in [-0.1, -0.05) is 11.6 Å². The van der Waals surface area contributed by atoms with Crippen LogP contribution >= 0.6 is 11.6 Å². The lowest BCUT2D eigenvalue weighted by Crippen LogP contribution is -2.51. The maximum atomic E-state index is 12.8. The molecular formula is C17H21ClN4O2. The summed E-state index contributed by atoms with van der Waals surface area (Å²) in [6.45, 7) is 4.95. The van der Waals surface area contributed by atoms with Gasteiger partial charge in [-0.25, -0.2) is 0 Å². The van der Waals surface area contributed by atoms with Gasteiger partial charge in [-0.05, 0) is 51.0 Å². The molecule has 0 bridgehead atoms. The van der Waals surface area contributed by atoms with E-state index in [4.69, 9.17) is 16.3 Å². The maximum absolute atomic E-state index is 12.8. The molecular weight excluding hydrogens is 328 g/mol. The van der Waals surface area contributed by atoms with Crippen LogP contribution in [0.15, 0.2) is 36.7 Å². The van der Waals surface area contributed by atoms with Gasteiger partial charge < -0.3 is 9.64 Å². The minimum Gasteiger partial charge on any atom is -0.478 e. The van der Waals surface area contributed by atoms with E-state index in [0.717, 1.165) is 12.8 Å². The number of halogens is 1. The van der Waals surface area contributed by atoms with Gasteiger partial charge in [-0.3, -0.25) is 4.79 Å². The van der Waals surface area contributed by atoms with E-state index in [9.17, 15) is 4.79 Å². The Balaban J connectivity index is 1.60. The third kappa shape index (κ3) is 3.70. The van der Waals surface area contributed by atoms with E-state index in [1.807, 2.05) is 4.90 Å². The van der Waals surface area contributed by atoms with Crippen LogP contribution in [0, 0.1) is 0 Å². The molecule has 1 aromatic heterocycles. The van der Waals surface area contributed by atoms with Crippen molar-refractivity contribution >= 4 is 17.5 Å². The van der Waals surface area contributed by atoms with E-state index in [-0.39, 0.29) is 11.9 Å². The number of carbonyl (C=O) groups is 1. The summed E-state index contributed by atoms with van der Waals surface area (Å²) < 4.78 is 5.89. The van der Waals surface area contributed by atoms with Gasteiger partial charge >= 0.3 is 0 Å². The fourth-order valence-electron chi connectivity index (χ4n) is 2.94. The van der Waals surface area contributed by atoms with Crippen molar-refractivity contribution in [2.75, 3.05) is 13.1 Å². The maximum Gasteiger partial charge on any atom is 0.266 e. The zero-order chi connectivity index (χ0) is 17.2. The molecule has 0 atom stereocenters. The highest BCUT2D eigenvalue weighted by Crippen LogP contribution is 2.26. The molecule has 128 valence electrons. The molecule has 0 unspecified atom stereocenters. The summed E-state index contributed by atoms with van der Waals surface area (Å²) in [6, 6.07) is 7.30. The molecule has 2 aromatic rings. The Morgan fingerprint density at radius 1 is 1.17 bits per heavy atom. The second-order valence-corrected chi connectivity index (χ2v) is 6.88. The van der Waals surface area contributed by atoms with Gasteiger partial charge in [0.25, 0.3) is 5.91 Å². The van der Waals surface area contributed by atoms with Crippen molar-refractivity contribution in [2.24, 2.45) is 0 Å². The molecule has 1 fully saturated rings. The van der Waals surface area contributed by atoms with Crippen molar-refractivity contribution in [3.8, 4) is 5.75 Å². The number of nitrogens with zero attached hydrogens (tertiary/aromatic N) is 4. The largest absolute Gasteiger partial charge is 0.478 e. The summed E-state index contributed by atoms with van der Waals surface area (Å²) in [7, 11) is 0. The zero-order valence-corrected chi connectivity index (χ0v) is 14.6. The number of amides is 1. The molecule has 2 heterocycles. The Hall–Kier alpha value is -2.08. The fourth-order valence-corrected chi connectivity index (χ4v) is 3.06. The van der Waals surface area contributed by atoms with Crippen LogP contribution in [-0.4, -0.2) is 44.5 Å². The summed E-state index contributed by atoms with van der Waals surface area (Å²) in [4.78, 5) is 16.4. The van der Waals surface area contributed by atoms with E-state index < -0.39 is 5.60 Å². The zero-order valence-electron chi connectivity index (χ0n) is 13.9. The number of piperidine rings is 1. The second kappa shape index (κ2) is 6.81. The highest BCUT2D eigenvalue weighted by Gasteiger charge is 2.36. The number of hydrogen-bond donors (Lipinski definition) is 0. The molecule has 0 saturated carbocycles. The highest BCUT2D eigenvalue weighted by molar-refractivity contribution is 6.30. The molecule has 1 aliphatic rings. The molecule has 1 aromatic carbocycles. The van der Waals surface area contributed by atoms with Gasteiger partial charge in [0, 0.05) is 18.1 Å². The van der Waals surface area contributed by atoms with E-state index in [0.29, 0.717) is 23.9 Å². The van der Waals surface area contributed by atoms with Gasteiger partial charge in [-0.15, -0.1) is 0 Å². The van der Waals surface area contributed by atoms with Gasteiger partial charge in [0.05, 0.1) is 18.4 Å². The molecule has 1 saturated heterocycles. The molecule has 0 spiro atoms. The Bertz CT molecular complexity index is 677. The smallest absolute Gasteiger partial charge is 0.266 e. The second-order valence-electron chi connectivity index (χ2n) is 6.44. The van der Waals surface area contributed by atoms with Gasteiger partial charge in [-0.2, -0.15) is 15.0 Å². The molecule has 0 aliphatic carbocycles. The highest BCUT2D eigenvalue weighted by atomic mass is 35.5. The number of carbonyl (C=O) groups excluding carboxylic acids is 1. The van der Waals surface area contributed by atoms with Crippen molar-refractivity contribution in [3.63, 3.8) is 0 Å². The molecule has 1 aliphatic heterocycles. The van der Waals surface area contributed by atoms with Crippen LogP contribution < -0.4 is 4.74 Å². The quantitative estimate of drug-likeness (QED) is 0.852. The summed E-state index contributed by atoms with van der Waals surface area (Å²) in [6.07, 6.45) is 5.05. The van der Waals surface area contributed by atoms with Crippen molar-refractivity contribution in [3.05, 3.63) is 41.7 Å². The number of hydrogen-bond acceptors (Lipinski definition) is 4. The minimum absolute atomic E-state index is 0.00988. The first kappa shape index (κ1) is 16.8. The lowest BCUT2D eigenvalue weighted by Gasteiger charge is -2.36. The van der Waals surface area contributed by atoms with E-state index >= 15 is 0 Å². The van der Waals surface area contributed by atoms with E-state index in [1.165, 1.54) is 0 Å². The molecule has 3 rings (SSSR count). The van der Waals surface area contributed by atoms with Crippen molar-refractivity contribution in [1.29, 1.82) is 0 Å². The molecule has 0 radical (unpaired) electrons. The van der Waals surface area contributed by atoms with Crippen LogP contribution in [-0.2, 0) is 4.79 Å². The Morgan fingerprint density at radius 2 is 1.75 bits per heavy atom. The molecule has 6 nitrogen and oxygen atoms in total. The summed E-state index contributed by atoms with van der Waals surface area (Å²) >= 11 is 5.88. The Morgan fingerprint density at radius 3 is 2.33 bits per heavy atom. The first-order valence-electron chi connectivity index (χ1n) is 8.05. The van der Waals surface area contributed by atoms with Crippen LogP contribution in [0.25, 0.3) is 0 Å². The lowest BCUT2D eigenvalue weighted by molar-refractivity contribution is -0.146. The number of aromatic nitrogens is 3. The van der Waals surface area contributed by atoms with Gasteiger partial charge in [0.2, 0.25) is 0 Å². The van der Waals surface area contributed by atoms with Gasteiger partial charge in [0.1, 0.15) is 5.75 Å². The minimum atomic E-state index is -0.926. The SMILES string of the molecule is CC(C)(Oc1ccc(Cl)cc1)C(=O)N1CCC(n2nccn2)CC1. The van der Waals surface area contributed by atoms with Crippen LogP contribution in [0.2, 0.25) is 5.02 Å². The molecule has 7 heteroatoms. The number of benzene rings is 1. The Kier molecular flexibility index (Phi) is 4.76. The van der Waals surface area contributed by atoms with Gasteiger partial charge in [0.15, 0.2) is 5.60 Å². The van der Waals surface area contributed by atoms with Crippen LogP contribution in [0.5, 0.6) is 5.75 Å². The number of ether oxygens (including phenoxy) is 1. The van der Waals surface area contributed by atoms with Crippen molar-refractivity contribution < 1.29 is 9.53 Å². The summed E-state index contributed by atoms with van der Waals surface area (Å²) in [5, 5.41) is 9.02. The summed E-state index contributed by atoms with van der Waals surface area (Å²) in [5.41, 5.74) is -0.926. The topological polar surface area (TPSA) is 60.2 Å². The van der Waals surface area contributed by atoms with Crippen LogP contribution in [0.3, 0.4) is 0 Å². The lowest BCUT2D eigenvalue weighted by atomic mass is 10.0. The van der Waals surface area contributed by atoms with Crippen LogP contribution in [0.1, 0.15) is 32.7 Å². The fraction of sp³-hybridized carbons (Fsp3) is 0.471. The molecule has 0 N–H and O–H groups in total. The molecule has 1 amide bonds. The Labute approximate surface area is 146 Å². The normalized spacial score (nSPS) is 16.2. The first-order chi connectivity index (χ1) is 11.5. The average Bonchev–Trinajstić information content (AvgIpc) is 3.11. The summed E-state index contributed by atoms with van der Waals surface area (Å²) in [5.74, 6) is 0.623. The third-order valence-electron chi connectivity index (χ3n) is 4.22. The van der Waals surface area contributed by atoms with E-state index in [2.05, 4.69) is 10.2 Å². The van der Waals surface area contributed by atoms with Crippen molar-refractivity contribution in [2.45, 2.75) is 38.3 Å². The van der Waals surface area contributed by atoms with Crippen LogP contribution in [0.4, 0.5) is 0 Å². The standard InChI is InChI=1S/C17H21ClN4O2/c1-17(2,24-15-5-3-13(18)4-6-15)16(23)21-11-7-14(8-12-21)22-19-9-10-20-22/h3-6,9-10,14H,7-8,11-12H2,1-2H3. The molecule has 24 heavy (non-hydrogen) atoms. The monoisotopic (exact) mass is 348 g/mol. The predicted molar refractivity (Wildman–Crippen MR) is 91.0 cm³/mol. The van der Waals surface area contributed by atoms with Crippen molar-refractivity contribution in [1.82, 2.24) is 19.9 Å². The average molecular weight is 349 g/mol. The number of likely N-dealkylation sites (tertiary alicyclic amines) is 1. The van der Waals surface area contributed by atoms with E-state index in [1.54, 1.807) is 55.3 Å². The first-order valence-corrected chi connectivity index (χ1v) is 8.43. The third-order valence-corrected chi connectivity index (χ3v) is 4.47.